The van der Waals surface area contributed by atoms with E-state index in [2.05, 4.69) is 36.2 Å². The lowest BCUT2D eigenvalue weighted by atomic mass is 10.00. The lowest BCUT2D eigenvalue weighted by molar-refractivity contribution is -0.138. The van der Waals surface area contributed by atoms with Crippen LogP contribution in [0.1, 0.15) is 37.4 Å². The molecule has 0 aliphatic heterocycles. The van der Waals surface area contributed by atoms with Crippen LogP contribution in [0.3, 0.4) is 0 Å². The van der Waals surface area contributed by atoms with Gasteiger partial charge in [-0.3, -0.25) is 9.59 Å². The predicted molar refractivity (Wildman–Crippen MR) is 196 cm³/mol. The molecule has 0 saturated heterocycles. The number of hydrogen-bond acceptors (Lipinski definition) is 10. The molecule has 5 aromatic carbocycles. The Bertz CT molecular complexity index is 2720. The first-order valence-electron chi connectivity index (χ1n) is 16.3. The second kappa shape index (κ2) is 15.0. The van der Waals surface area contributed by atoms with E-state index >= 15 is 0 Å². The van der Waals surface area contributed by atoms with Crippen molar-refractivity contribution in [2.75, 3.05) is 10.6 Å². The fourth-order valence-corrected chi connectivity index (χ4v) is 6.24. The normalized spacial score (nSPS) is 11.8. The molecule has 2 amide bonds. The molecule has 7 aromatic rings. The van der Waals surface area contributed by atoms with E-state index in [9.17, 15) is 46.3 Å². The number of halogens is 6. The summed E-state index contributed by atoms with van der Waals surface area (Å²) < 4.78 is 79.8. The predicted octanol–water partition coefficient (Wildman–Crippen LogP) is 10.1. The number of amides is 2. The van der Waals surface area contributed by atoms with Crippen molar-refractivity contribution < 1.29 is 41.0 Å². The van der Waals surface area contributed by atoms with Gasteiger partial charge in [0.05, 0.1) is 22.9 Å². The quantitative estimate of drug-likeness (QED) is 0.101. The molecule has 0 bridgehead atoms. The molecule has 0 saturated carbocycles. The van der Waals surface area contributed by atoms with Crippen LogP contribution in [-0.2, 0) is 12.4 Å². The summed E-state index contributed by atoms with van der Waals surface area (Å²) in [6, 6.07) is 23.6. The van der Waals surface area contributed by atoms with Gasteiger partial charge in [-0.15, -0.1) is 20.4 Å². The smallest absolute Gasteiger partial charge is 0.416 e. The Morgan fingerprint density at radius 2 is 1.39 bits per heavy atom. The van der Waals surface area contributed by atoms with E-state index in [1.807, 2.05) is 36.4 Å². The van der Waals surface area contributed by atoms with E-state index in [1.165, 1.54) is 35.1 Å². The molecule has 0 atom stereocenters. The van der Waals surface area contributed by atoms with Crippen molar-refractivity contribution in [1.82, 2.24) is 20.0 Å². The number of nitrogens with one attached hydrogen (secondary N) is 2. The van der Waals surface area contributed by atoms with Crippen LogP contribution in [0.4, 0.5) is 49.2 Å². The SMILES string of the molecule is N#Cc1cnn(-c2nnc(-c3ccccc3)s2)c1/N=N/c1c(O)c(C(=O)Nc2ccc(C(F)(F)F)cc2)cc2cc(C(=O)Nc3ccc(C(F)(F)F)cc3)ccc12. The fourth-order valence-electron chi connectivity index (χ4n) is 5.43. The van der Waals surface area contributed by atoms with E-state index < -0.39 is 46.6 Å². The van der Waals surface area contributed by atoms with Gasteiger partial charge in [0.1, 0.15) is 22.3 Å². The molecule has 2 heterocycles. The molecule has 0 aliphatic carbocycles. The summed E-state index contributed by atoms with van der Waals surface area (Å²) >= 11 is 1.13. The number of azo groups is 1. The molecule has 0 radical (unpaired) electrons. The second-order valence-corrected chi connectivity index (χ2v) is 12.9. The van der Waals surface area contributed by atoms with E-state index in [1.54, 1.807) is 0 Å². The van der Waals surface area contributed by atoms with Gasteiger partial charge in [-0.05, 0) is 72.1 Å². The summed E-state index contributed by atoms with van der Waals surface area (Å²) in [7, 11) is 0. The molecule has 7 rings (SSSR count). The molecule has 0 unspecified atom stereocenters. The van der Waals surface area contributed by atoms with E-state index in [0.717, 1.165) is 65.4 Å². The number of alkyl halides is 6. The van der Waals surface area contributed by atoms with Gasteiger partial charge in [0.25, 0.3) is 11.8 Å². The van der Waals surface area contributed by atoms with Crippen molar-refractivity contribution in [3.05, 3.63) is 137 Å². The molecule has 0 fully saturated rings. The minimum absolute atomic E-state index is 0.0135. The van der Waals surface area contributed by atoms with Crippen LogP contribution in [0.15, 0.2) is 120 Å². The van der Waals surface area contributed by atoms with Gasteiger partial charge in [-0.2, -0.15) is 41.4 Å². The van der Waals surface area contributed by atoms with Crippen molar-refractivity contribution >= 4 is 56.8 Å². The lowest BCUT2D eigenvalue weighted by Gasteiger charge is -2.13. The zero-order valence-electron chi connectivity index (χ0n) is 28.5. The van der Waals surface area contributed by atoms with Crippen LogP contribution in [0.25, 0.3) is 26.5 Å². The minimum Gasteiger partial charge on any atom is -0.505 e. The summed E-state index contributed by atoms with van der Waals surface area (Å²) in [5.41, 5.74) is -1.89. The number of benzene rings is 5. The number of hydrogen-bond donors (Lipinski definition) is 3. The van der Waals surface area contributed by atoms with Crippen molar-refractivity contribution in [3.63, 3.8) is 0 Å². The molecule has 284 valence electrons. The Balaban J connectivity index is 1.28. The average molecular weight is 798 g/mol. The highest BCUT2D eigenvalue weighted by Crippen LogP contribution is 2.41. The highest BCUT2D eigenvalue weighted by molar-refractivity contribution is 7.17. The van der Waals surface area contributed by atoms with Crippen molar-refractivity contribution in [3.8, 4) is 27.5 Å². The summed E-state index contributed by atoms with van der Waals surface area (Å²) in [5, 5.41) is 48.3. The third-order valence-electron chi connectivity index (χ3n) is 8.26. The van der Waals surface area contributed by atoms with Gasteiger partial charge >= 0.3 is 12.4 Å². The first kappa shape index (κ1) is 37.8. The van der Waals surface area contributed by atoms with Crippen LogP contribution in [-0.4, -0.2) is 36.9 Å². The maximum absolute atomic E-state index is 13.6. The number of aromatic nitrogens is 4. The third-order valence-corrected chi connectivity index (χ3v) is 9.21. The molecule has 2 aromatic heterocycles. The Morgan fingerprint density at radius 1 is 0.772 bits per heavy atom. The van der Waals surface area contributed by atoms with Gasteiger partial charge in [-0.25, -0.2) is 0 Å². The maximum atomic E-state index is 13.6. The number of carbonyl (C=O) groups excluding carboxylic acids is 2. The topological polar surface area (TPSA) is 171 Å². The van der Waals surface area contributed by atoms with Crippen LogP contribution in [0.2, 0.25) is 0 Å². The molecule has 12 nitrogen and oxygen atoms in total. The summed E-state index contributed by atoms with van der Waals surface area (Å²) in [6.45, 7) is 0. The van der Waals surface area contributed by atoms with E-state index in [4.69, 9.17) is 0 Å². The Kier molecular flexibility index (Phi) is 9.95. The number of fused-ring (bicyclic) bond motifs is 1. The maximum Gasteiger partial charge on any atom is 0.416 e. The number of anilines is 2. The first-order valence-corrected chi connectivity index (χ1v) is 17.1. The van der Waals surface area contributed by atoms with Crippen molar-refractivity contribution in [2.45, 2.75) is 12.4 Å². The lowest BCUT2D eigenvalue weighted by Crippen LogP contribution is -2.13. The molecule has 19 heteroatoms. The summed E-state index contributed by atoms with van der Waals surface area (Å²) in [6.07, 6.45) is -8.00. The number of carbonyl (C=O) groups is 2. The minimum atomic E-state index is -4.63. The zero-order valence-corrected chi connectivity index (χ0v) is 29.3. The molecular weight excluding hydrogens is 777 g/mol. The van der Waals surface area contributed by atoms with Crippen LogP contribution >= 0.6 is 11.3 Å². The van der Waals surface area contributed by atoms with Gasteiger partial charge in [-0.1, -0.05) is 47.7 Å². The van der Waals surface area contributed by atoms with Crippen LogP contribution in [0.5, 0.6) is 5.75 Å². The number of phenols is 1. The number of nitrogens with zero attached hydrogens (tertiary/aromatic N) is 7. The number of aromatic hydroxyl groups is 1. The Hall–Kier alpha value is -7.46. The molecule has 57 heavy (non-hydrogen) atoms. The monoisotopic (exact) mass is 797 g/mol. The highest BCUT2D eigenvalue weighted by atomic mass is 32.1. The Morgan fingerprint density at radius 3 is 1.98 bits per heavy atom. The van der Waals surface area contributed by atoms with E-state index in [-0.39, 0.29) is 49.9 Å². The first-order chi connectivity index (χ1) is 27.2. The van der Waals surface area contributed by atoms with Crippen molar-refractivity contribution in [1.29, 1.82) is 5.26 Å². The molecule has 3 N–H and O–H groups in total. The van der Waals surface area contributed by atoms with E-state index in [0.29, 0.717) is 5.01 Å². The zero-order chi connectivity index (χ0) is 40.5. The van der Waals surface area contributed by atoms with Gasteiger partial charge in [0, 0.05) is 27.9 Å². The van der Waals surface area contributed by atoms with Crippen LogP contribution in [0, 0.1) is 11.3 Å². The largest absolute Gasteiger partial charge is 0.505 e. The highest BCUT2D eigenvalue weighted by Gasteiger charge is 2.31. The van der Waals surface area contributed by atoms with Gasteiger partial charge in [0.2, 0.25) is 5.13 Å². The third kappa shape index (κ3) is 8.01. The standard InChI is InChI=1S/C38H21F6N9O3S/c39-37(40,41)24-7-11-26(12-8-24)47-33(55)21-6-15-28-22(16-21)17-29(34(56)48-27-13-9-25(10-14-27)38(42,43)44)31(54)30(28)49-50-32-23(18-45)19-46-53(32)36-52-51-35(57-36)20-4-2-1-3-5-20/h1-17,19,54H,(H,47,55)(H,48,56)/b50-49+. The van der Waals surface area contributed by atoms with Gasteiger partial charge < -0.3 is 15.7 Å². The molecule has 0 spiro atoms. The summed E-state index contributed by atoms with van der Waals surface area (Å²) in [5.74, 6) is -2.55. The Labute approximate surface area is 320 Å². The molecule has 0 aliphatic rings. The van der Waals surface area contributed by atoms with Crippen molar-refractivity contribution in [2.24, 2.45) is 10.2 Å². The molecular formula is C38H21F6N9O3S. The number of phenolic OH excluding ortho intramolecular Hbond substituents is 1. The number of rotatable bonds is 8. The average Bonchev–Trinajstić information content (AvgIpc) is 3.85. The fraction of sp³-hybridized carbons (Fsp3) is 0.0526. The van der Waals surface area contributed by atoms with Crippen LogP contribution < -0.4 is 10.6 Å². The summed E-state index contributed by atoms with van der Waals surface area (Å²) in [4.78, 5) is 26.8. The number of nitriles is 1. The second-order valence-electron chi connectivity index (χ2n) is 12.0. The van der Waals surface area contributed by atoms with Gasteiger partial charge in [0.15, 0.2) is 11.6 Å².